The Balaban J connectivity index is 1.00. The summed E-state index contributed by atoms with van der Waals surface area (Å²) in [6, 6.07) is 4.94. The molecular weight excluding hydrogens is 466 g/mol. The summed E-state index contributed by atoms with van der Waals surface area (Å²) in [5.41, 5.74) is 3.04. The first-order valence-corrected chi connectivity index (χ1v) is 13.2. The first-order chi connectivity index (χ1) is 17.3. The van der Waals surface area contributed by atoms with Crippen molar-refractivity contribution in [2.45, 2.75) is 70.4 Å². The number of hydrogen-bond donors (Lipinski definition) is 2. The minimum Gasteiger partial charge on any atom is -0.395 e. The van der Waals surface area contributed by atoms with Crippen LogP contribution in [0.2, 0.25) is 0 Å². The maximum Gasteiger partial charge on any atom is 0.586 e. The van der Waals surface area contributed by atoms with Crippen LogP contribution in [0.3, 0.4) is 0 Å². The molecule has 2 aliphatic heterocycles. The van der Waals surface area contributed by atoms with Gasteiger partial charge in [0, 0.05) is 31.7 Å². The third kappa shape index (κ3) is 4.00. The topological polar surface area (TPSA) is 79.7 Å². The molecular formula is C27H32F2N4O3. The molecule has 36 heavy (non-hydrogen) atoms. The number of nitrogens with one attached hydrogen (secondary N) is 1. The lowest BCUT2D eigenvalue weighted by molar-refractivity contribution is -0.286. The molecule has 4 saturated carbocycles. The average Bonchev–Trinajstić information content (AvgIpc) is 3.14. The predicted molar refractivity (Wildman–Crippen MR) is 128 cm³/mol. The number of fused-ring (bicyclic) bond motifs is 2. The quantitative estimate of drug-likeness (QED) is 0.613. The monoisotopic (exact) mass is 498 g/mol. The first kappa shape index (κ1) is 22.7. The fourth-order valence-corrected chi connectivity index (χ4v) is 8.04. The van der Waals surface area contributed by atoms with Gasteiger partial charge >= 0.3 is 6.29 Å². The van der Waals surface area contributed by atoms with E-state index in [0.717, 1.165) is 53.4 Å². The van der Waals surface area contributed by atoms with Crippen LogP contribution in [0.4, 0.5) is 14.6 Å². The molecule has 1 atom stereocenters. The maximum atomic E-state index is 13.3. The molecule has 0 spiro atoms. The number of hydrogen-bond acceptors (Lipinski definition) is 7. The van der Waals surface area contributed by atoms with E-state index in [4.69, 9.17) is 0 Å². The second-order valence-corrected chi connectivity index (χ2v) is 11.7. The fraction of sp³-hybridized carbons (Fsp3) is 0.630. The summed E-state index contributed by atoms with van der Waals surface area (Å²) in [6.07, 6.45) is 6.06. The third-order valence-corrected chi connectivity index (χ3v) is 9.21. The van der Waals surface area contributed by atoms with Gasteiger partial charge in [-0.1, -0.05) is 6.07 Å². The predicted octanol–water partition coefficient (Wildman–Crippen LogP) is 4.35. The Hall–Kier alpha value is -2.52. The number of aliphatic hydroxyl groups is 1. The van der Waals surface area contributed by atoms with Gasteiger partial charge in [-0.05, 0) is 85.8 Å². The standard InChI is InChI=1S/C27H32F2N4O3/c28-27(29)35-22-2-1-16(8-23(22)36-27)13-33-4-3-20-21(14-33)31-15-32-25(20)30-12-24(34)26-9-17-5-18(10-26)7-19(6-17)11-26/h1-2,8,15,17-19,24,34H,3-7,9-14H2,(H,30,31,32). The maximum absolute atomic E-state index is 13.3. The minimum atomic E-state index is -3.60. The van der Waals surface area contributed by atoms with Crippen molar-refractivity contribution in [2.24, 2.45) is 23.2 Å². The highest BCUT2D eigenvalue weighted by Gasteiger charge is 2.53. The Morgan fingerprint density at radius 2 is 1.78 bits per heavy atom. The van der Waals surface area contributed by atoms with Crippen LogP contribution in [-0.2, 0) is 19.5 Å². The van der Waals surface area contributed by atoms with Crippen molar-refractivity contribution in [2.75, 3.05) is 18.4 Å². The number of anilines is 1. The lowest BCUT2D eigenvalue weighted by Crippen LogP contribution is -2.53. The molecule has 2 aromatic rings. The Kier molecular flexibility index (Phi) is 5.19. The molecule has 7 nitrogen and oxygen atoms in total. The van der Waals surface area contributed by atoms with E-state index in [1.807, 2.05) is 0 Å². The van der Waals surface area contributed by atoms with Gasteiger partial charge < -0.3 is 19.9 Å². The zero-order chi connectivity index (χ0) is 24.5. The highest BCUT2D eigenvalue weighted by atomic mass is 19.3. The van der Waals surface area contributed by atoms with Crippen LogP contribution in [0.15, 0.2) is 24.5 Å². The molecule has 4 bridgehead atoms. The Labute approximate surface area is 209 Å². The summed E-state index contributed by atoms with van der Waals surface area (Å²) in [4.78, 5) is 11.3. The molecule has 0 amide bonds. The van der Waals surface area contributed by atoms with Crippen molar-refractivity contribution in [3.63, 3.8) is 0 Å². The van der Waals surface area contributed by atoms with Crippen LogP contribution >= 0.6 is 0 Å². The van der Waals surface area contributed by atoms with E-state index in [1.165, 1.54) is 44.6 Å². The third-order valence-electron chi connectivity index (χ3n) is 9.21. The highest BCUT2D eigenvalue weighted by molar-refractivity contribution is 5.48. The van der Waals surface area contributed by atoms with Crippen LogP contribution in [0.5, 0.6) is 11.5 Å². The van der Waals surface area contributed by atoms with Gasteiger partial charge in [0.05, 0.1) is 11.8 Å². The highest BCUT2D eigenvalue weighted by Crippen LogP contribution is 2.61. The SMILES string of the molecule is OC(CNc1ncnc2c1CCN(Cc1ccc3c(c1)OC(F)(F)O3)C2)C12CC3CC(CC(C3)C1)C2. The van der Waals surface area contributed by atoms with Crippen molar-refractivity contribution in [3.8, 4) is 11.5 Å². The van der Waals surface area contributed by atoms with Crippen LogP contribution in [0.25, 0.3) is 0 Å². The first-order valence-electron chi connectivity index (χ1n) is 13.2. The lowest BCUT2D eigenvalue weighted by atomic mass is 9.48. The summed E-state index contributed by atoms with van der Waals surface area (Å²) >= 11 is 0. The minimum absolute atomic E-state index is 0.0620. The number of rotatable bonds is 6. The zero-order valence-electron chi connectivity index (χ0n) is 20.3. The molecule has 4 aliphatic carbocycles. The molecule has 8 rings (SSSR count). The molecule has 6 aliphatic rings. The Morgan fingerprint density at radius 1 is 1.06 bits per heavy atom. The van der Waals surface area contributed by atoms with E-state index >= 15 is 0 Å². The molecule has 1 aromatic heterocycles. The number of benzene rings is 1. The van der Waals surface area contributed by atoms with E-state index in [9.17, 15) is 13.9 Å². The molecule has 2 N–H and O–H groups in total. The van der Waals surface area contributed by atoms with E-state index in [2.05, 4.69) is 29.7 Å². The molecule has 192 valence electrons. The van der Waals surface area contributed by atoms with Crippen molar-refractivity contribution in [3.05, 3.63) is 41.3 Å². The van der Waals surface area contributed by atoms with Crippen molar-refractivity contribution in [1.82, 2.24) is 14.9 Å². The van der Waals surface area contributed by atoms with Crippen molar-refractivity contribution < 1.29 is 23.4 Å². The van der Waals surface area contributed by atoms with Crippen LogP contribution in [0.1, 0.15) is 55.3 Å². The second kappa shape index (κ2) is 8.25. The van der Waals surface area contributed by atoms with Gasteiger partial charge in [-0.2, -0.15) is 0 Å². The number of nitrogens with zero attached hydrogens (tertiary/aromatic N) is 3. The number of halogens is 2. The van der Waals surface area contributed by atoms with E-state index < -0.39 is 6.29 Å². The van der Waals surface area contributed by atoms with E-state index in [-0.39, 0.29) is 23.0 Å². The van der Waals surface area contributed by atoms with Crippen molar-refractivity contribution >= 4 is 5.82 Å². The zero-order valence-corrected chi connectivity index (χ0v) is 20.3. The van der Waals surface area contributed by atoms with Crippen molar-refractivity contribution in [1.29, 1.82) is 0 Å². The van der Waals surface area contributed by atoms with Gasteiger partial charge in [0.25, 0.3) is 0 Å². The van der Waals surface area contributed by atoms with Crippen LogP contribution in [-0.4, -0.2) is 45.5 Å². The van der Waals surface area contributed by atoms with Gasteiger partial charge in [-0.25, -0.2) is 9.97 Å². The number of alkyl halides is 2. The summed E-state index contributed by atoms with van der Waals surface area (Å²) in [5.74, 6) is 3.39. The van der Waals surface area contributed by atoms with Gasteiger partial charge in [0.15, 0.2) is 11.5 Å². The summed E-state index contributed by atoms with van der Waals surface area (Å²) in [6.45, 7) is 2.58. The normalized spacial score (nSPS) is 32.4. The molecule has 1 unspecified atom stereocenters. The molecule has 9 heteroatoms. The van der Waals surface area contributed by atoms with Gasteiger partial charge in [0.2, 0.25) is 0 Å². The fourth-order valence-electron chi connectivity index (χ4n) is 8.04. The van der Waals surface area contributed by atoms with Gasteiger partial charge in [-0.15, -0.1) is 8.78 Å². The lowest BCUT2D eigenvalue weighted by Gasteiger charge is -2.58. The summed E-state index contributed by atoms with van der Waals surface area (Å²) in [5, 5.41) is 14.8. The number of aromatic nitrogens is 2. The van der Waals surface area contributed by atoms with E-state index in [0.29, 0.717) is 19.6 Å². The number of ether oxygens (including phenoxy) is 2. The largest absolute Gasteiger partial charge is 0.586 e. The molecule has 0 saturated heterocycles. The Bertz CT molecular complexity index is 1140. The van der Waals surface area contributed by atoms with Gasteiger partial charge in [-0.3, -0.25) is 4.90 Å². The van der Waals surface area contributed by atoms with E-state index in [1.54, 1.807) is 18.5 Å². The second-order valence-electron chi connectivity index (χ2n) is 11.7. The van der Waals surface area contributed by atoms with Crippen LogP contribution in [0, 0.1) is 23.2 Å². The van der Waals surface area contributed by atoms with Gasteiger partial charge in [0.1, 0.15) is 12.1 Å². The molecule has 3 heterocycles. The molecule has 1 aromatic carbocycles. The smallest absolute Gasteiger partial charge is 0.395 e. The molecule has 4 fully saturated rings. The number of aliphatic hydroxyl groups excluding tert-OH is 1. The molecule has 0 radical (unpaired) electrons. The summed E-state index contributed by atoms with van der Waals surface area (Å²) in [7, 11) is 0. The average molecular weight is 499 g/mol. The Morgan fingerprint density at radius 3 is 2.53 bits per heavy atom. The van der Waals surface area contributed by atoms with Crippen LogP contribution < -0.4 is 14.8 Å². The summed E-state index contributed by atoms with van der Waals surface area (Å²) < 4.78 is 35.8.